The van der Waals surface area contributed by atoms with Gasteiger partial charge in [0.25, 0.3) is 0 Å². The fraction of sp³-hybridized carbons (Fsp3) is 0.333. The van der Waals surface area contributed by atoms with Crippen LogP contribution in [0.1, 0.15) is 24.6 Å². The fourth-order valence-corrected chi connectivity index (χ4v) is 2.04. The number of thiophene rings is 1. The molecule has 0 spiro atoms. The standard InChI is InChI=1S/C12H16OS/c1-5-13-11(4)9(2)10(3)12-7-6-8-14-12/h6-8,10H,2,4-5H2,1,3H3. The lowest BCUT2D eigenvalue weighted by atomic mass is 10.00. The topological polar surface area (TPSA) is 9.23 Å². The first kappa shape index (κ1) is 11.1. The highest BCUT2D eigenvalue weighted by Crippen LogP contribution is 2.30. The molecule has 14 heavy (non-hydrogen) atoms. The maximum Gasteiger partial charge on any atom is 0.115 e. The van der Waals surface area contributed by atoms with Crippen LogP contribution in [0.5, 0.6) is 0 Å². The van der Waals surface area contributed by atoms with Crippen molar-refractivity contribution in [2.24, 2.45) is 0 Å². The number of ether oxygens (including phenoxy) is 1. The Bertz CT molecular complexity index is 311. The minimum Gasteiger partial charge on any atom is -0.494 e. The Morgan fingerprint density at radius 3 is 2.79 bits per heavy atom. The molecular formula is C12H16OS. The van der Waals surface area contributed by atoms with Crippen molar-refractivity contribution in [2.45, 2.75) is 19.8 Å². The van der Waals surface area contributed by atoms with E-state index in [0.717, 1.165) is 5.57 Å². The van der Waals surface area contributed by atoms with Gasteiger partial charge in [0, 0.05) is 10.8 Å². The van der Waals surface area contributed by atoms with Gasteiger partial charge in [-0.3, -0.25) is 0 Å². The second-order valence-electron chi connectivity index (χ2n) is 3.12. The number of hydrogen-bond donors (Lipinski definition) is 0. The molecule has 1 rings (SSSR count). The number of rotatable bonds is 5. The monoisotopic (exact) mass is 208 g/mol. The Morgan fingerprint density at radius 1 is 1.57 bits per heavy atom. The van der Waals surface area contributed by atoms with Crippen LogP contribution in [0.25, 0.3) is 0 Å². The third-order valence-corrected chi connectivity index (χ3v) is 3.22. The second kappa shape index (κ2) is 5.01. The maximum absolute atomic E-state index is 5.33. The summed E-state index contributed by atoms with van der Waals surface area (Å²) in [4.78, 5) is 1.30. The molecule has 0 bridgehead atoms. The van der Waals surface area contributed by atoms with Crippen LogP contribution < -0.4 is 0 Å². The van der Waals surface area contributed by atoms with E-state index in [1.807, 2.05) is 13.0 Å². The molecule has 76 valence electrons. The third kappa shape index (κ3) is 2.48. The van der Waals surface area contributed by atoms with Crippen LogP contribution in [0.15, 0.2) is 42.0 Å². The van der Waals surface area contributed by atoms with Crippen molar-refractivity contribution in [1.82, 2.24) is 0 Å². The molecule has 1 aromatic rings. The van der Waals surface area contributed by atoms with Gasteiger partial charge >= 0.3 is 0 Å². The summed E-state index contributed by atoms with van der Waals surface area (Å²) in [5.41, 5.74) is 0.967. The van der Waals surface area contributed by atoms with Gasteiger partial charge < -0.3 is 4.74 Å². The molecule has 0 saturated carbocycles. The highest BCUT2D eigenvalue weighted by molar-refractivity contribution is 7.10. The van der Waals surface area contributed by atoms with E-state index < -0.39 is 0 Å². The lowest BCUT2D eigenvalue weighted by Crippen LogP contribution is -2.00. The normalized spacial score (nSPS) is 12.1. The molecule has 2 heteroatoms. The Balaban J connectivity index is 2.66. The largest absolute Gasteiger partial charge is 0.494 e. The highest BCUT2D eigenvalue weighted by Gasteiger charge is 2.13. The zero-order chi connectivity index (χ0) is 10.6. The Labute approximate surface area is 89.7 Å². The summed E-state index contributed by atoms with van der Waals surface area (Å²) in [7, 11) is 0. The van der Waals surface area contributed by atoms with Crippen LogP contribution in [-0.2, 0) is 4.74 Å². The van der Waals surface area contributed by atoms with Crippen molar-refractivity contribution >= 4 is 11.3 Å². The van der Waals surface area contributed by atoms with Crippen molar-refractivity contribution in [3.63, 3.8) is 0 Å². The molecule has 0 radical (unpaired) electrons. The van der Waals surface area contributed by atoms with Gasteiger partial charge in [-0.25, -0.2) is 0 Å². The van der Waals surface area contributed by atoms with Crippen LogP contribution in [0.2, 0.25) is 0 Å². The van der Waals surface area contributed by atoms with Crippen molar-refractivity contribution in [1.29, 1.82) is 0 Å². The SMILES string of the molecule is C=C(OCC)C(=C)C(C)c1cccs1. The minimum atomic E-state index is 0.300. The van der Waals surface area contributed by atoms with E-state index in [0.29, 0.717) is 18.3 Å². The van der Waals surface area contributed by atoms with E-state index in [1.165, 1.54) is 4.88 Å². The molecule has 0 aliphatic carbocycles. The summed E-state index contributed by atoms with van der Waals surface area (Å²) in [6.45, 7) is 12.6. The van der Waals surface area contributed by atoms with Crippen molar-refractivity contribution in [2.75, 3.05) is 6.61 Å². The molecule has 0 aliphatic rings. The first-order valence-corrected chi connectivity index (χ1v) is 5.59. The van der Waals surface area contributed by atoms with Gasteiger partial charge in [0.2, 0.25) is 0 Å². The molecule has 0 saturated heterocycles. The van der Waals surface area contributed by atoms with E-state index in [2.05, 4.69) is 31.5 Å². The first-order chi connectivity index (χ1) is 6.66. The summed E-state index contributed by atoms with van der Waals surface area (Å²) in [5.74, 6) is 1.00. The summed E-state index contributed by atoms with van der Waals surface area (Å²) in [6.07, 6.45) is 0. The Kier molecular flexibility index (Phi) is 3.96. The van der Waals surface area contributed by atoms with Gasteiger partial charge in [-0.05, 0) is 23.9 Å². The lowest BCUT2D eigenvalue weighted by molar-refractivity contribution is 0.237. The zero-order valence-electron chi connectivity index (χ0n) is 8.75. The summed E-state index contributed by atoms with van der Waals surface area (Å²) in [5, 5.41) is 2.07. The molecule has 1 unspecified atom stereocenters. The van der Waals surface area contributed by atoms with Crippen LogP contribution >= 0.6 is 11.3 Å². The molecule has 1 aromatic heterocycles. The maximum atomic E-state index is 5.33. The van der Waals surface area contributed by atoms with Gasteiger partial charge in [-0.1, -0.05) is 26.1 Å². The van der Waals surface area contributed by atoms with E-state index in [1.54, 1.807) is 11.3 Å². The first-order valence-electron chi connectivity index (χ1n) is 4.71. The van der Waals surface area contributed by atoms with Crippen molar-refractivity contribution < 1.29 is 4.74 Å². The van der Waals surface area contributed by atoms with Crippen LogP contribution in [-0.4, -0.2) is 6.61 Å². The average Bonchev–Trinajstić information content (AvgIpc) is 2.68. The van der Waals surface area contributed by atoms with Crippen LogP contribution in [0.4, 0.5) is 0 Å². The van der Waals surface area contributed by atoms with Crippen molar-refractivity contribution in [3.8, 4) is 0 Å². The molecule has 0 aliphatic heterocycles. The molecule has 0 amide bonds. The fourth-order valence-electron chi connectivity index (χ4n) is 1.22. The molecule has 0 aromatic carbocycles. The van der Waals surface area contributed by atoms with Gasteiger partial charge in [-0.2, -0.15) is 0 Å². The van der Waals surface area contributed by atoms with E-state index in [4.69, 9.17) is 4.74 Å². The Hall–Kier alpha value is -1.02. The molecular weight excluding hydrogens is 192 g/mol. The van der Waals surface area contributed by atoms with Gasteiger partial charge in [0.15, 0.2) is 0 Å². The molecule has 0 fully saturated rings. The van der Waals surface area contributed by atoms with Crippen LogP contribution in [0, 0.1) is 0 Å². The predicted molar refractivity (Wildman–Crippen MR) is 62.6 cm³/mol. The zero-order valence-corrected chi connectivity index (χ0v) is 9.56. The summed E-state index contributed by atoms with van der Waals surface area (Å²) in [6, 6.07) is 4.16. The third-order valence-electron chi connectivity index (χ3n) is 2.17. The van der Waals surface area contributed by atoms with E-state index in [-0.39, 0.29) is 0 Å². The molecule has 1 atom stereocenters. The van der Waals surface area contributed by atoms with Gasteiger partial charge in [-0.15, -0.1) is 11.3 Å². The predicted octanol–water partition coefficient (Wildman–Crippen LogP) is 3.96. The second-order valence-corrected chi connectivity index (χ2v) is 4.10. The van der Waals surface area contributed by atoms with E-state index >= 15 is 0 Å². The molecule has 1 heterocycles. The highest BCUT2D eigenvalue weighted by atomic mass is 32.1. The summed E-state index contributed by atoms with van der Waals surface area (Å²) < 4.78 is 5.33. The lowest BCUT2D eigenvalue weighted by Gasteiger charge is -2.15. The molecule has 0 N–H and O–H groups in total. The number of hydrogen-bond acceptors (Lipinski definition) is 2. The molecule has 1 nitrogen and oxygen atoms in total. The quantitative estimate of drug-likeness (QED) is 0.525. The average molecular weight is 208 g/mol. The smallest absolute Gasteiger partial charge is 0.115 e. The minimum absolute atomic E-state index is 0.300. The van der Waals surface area contributed by atoms with Gasteiger partial charge in [0.1, 0.15) is 5.76 Å². The van der Waals surface area contributed by atoms with Gasteiger partial charge in [0.05, 0.1) is 6.61 Å². The van der Waals surface area contributed by atoms with Crippen LogP contribution in [0.3, 0.4) is 0 Å². The summed E-state index contributed by atoms with van der Waals surface area (Å²) >= 11 is 1.74. The van der Waals surface area contributed by atoms with E-state index in [9.17, 15) is 0 Å². The Morgan fingerprint density at radius 2 is 2.29 bits per heavy atom. The number of allylic oxidation sites excluding steroid dienone is 1. The van der Waals surface area contributed by atoms with Crippen molar-refractivity contribution in [3.05, 3.63) is 46.9 Å².